The average Bonchev–Trinajstić information content (AvgIpc) is 2.59. The molecule has 0 saturated carbocycles. The van der Waals surface area contributed by atoms with Crippen LogP contribution in [-0.2, 0) is 4.74 Å². The first kappa shape index (κ1) is 13.3. The number of hydrogen-bond acceptors (Lipinski definition) is 4. The minimum absolute atomic E-state index is 0.243. The molecule has 2 saturated heterocycles. The fourth-order valence-corrected chi connectivity index (χ4v) is 3.25. The van der Waals surface area contributed by atoms with Crippen LogP contribution in [0.5, 0.6) is 0 Å². The van der Waals surface area contributed by atoms with Crippen LogP contribution in [0.4, 0.5) is 0 Å². The highest BCUT2D eigenvalue weighted by Crippen LogP contribution is 2.31. The average molecular weight is 242 g/mol. The minimum atomic E-state index is -0.490. The molecule has 2 unspecified atom stereocenters. The molecule has 0 spiro atoms. The molecule has 0 radical (unpaired) electrons. The molecule has 2 rings (SSSR count). The van der Waals surface area contributed by atoms with Gasteiger partial charge in [0.25, 0.3) is 0 Å². The van der Waals surface area contributed by atoms with Crippen LogP contribution >= 0.6 is 0 Å². The third-order valence-electron chi connectivity index (χ3n) is 4.05. The predicted molar refractivity (Wildman–Crippen MR) is 68.1 cm³/mol. The third kappa shape index (κ3) is 3.41. The van der Waals surface area contributed by atoms with Gasteiger partial charge in [0.15, 0.2) is 0 Å². The summed E-state index contributed by atoms with van der Waals surface area (Å²) in [5, 5.41) is 13.3. The van der Waals surface area contributed by atoms with Gasteiger partial charge in [0.05, 0.1) is 12.2 Å². The van der Waals surface area contributed by atoms with Gasteiger partial charge < -0.3 is 15.2 Å². The molecule has 0 aromatic heterocycles. The first-order valence-corrected chi connectivity index (χ1v) is 6.72. The van der Waals surface area contributed by atoms with Crippen molar-refractivity contribution in [3.8, 4) is 0 Å². The normalized spacial score (nSPS) is 39.7. The summed E-state index contributed by atoms with van der Waals surface area (Å²) in [7, 11) is 2.01. The minimum Gasteiger partial charge on any atom is -0.389 e. The fraction of sp³-hybridized carbons (Fsp3) is 1.00. The van der Waals surface area contributed by atoms with Crippen molar-refractivity contribution in [1.29, 1.82) is 0 Å². The first-order chi connectivity index (χ1) is 8.05. The maximum atomic E-state index is 10.0. The van der Waals surface area contributed by atoms with Crippen molar-refractivity contribution in [2.24, 2.45) is 5.41 Å². The summed E-state index contributed by atoms with van der Waals surface area (Å²) in [5.41, 5.74) is -0.246. The van der Waals surface area contributed by atoms with Crippen LogP contribution in [0, 0.1) is 5.41 Å². The Morgan fingerprint density at radius 2 is 2.24 bits per heavy atom. The van der Waals surface area contributed by atoms with Gasteiger partial charge in [-0.1, -0.05) is 0 Å². The number of likely N-dealkylation sites (tertiary alicyclic amines) is 1. The van der Waals surface area contributed by atoms with Crippen molar-refractivity contribution in [3.63, 3.8) is 0 Å². The maximum Gasteiger partial charge on any atom is 0.0758 e. The van der Waals surface area contributed by atoms with E-state index in [0.717, 1.165) is 52.2 Å². The molecule has 2 aliphatic heterocycles. The molecule has 2 fully saturated rings. The van der Waals surface area contributed by atoms with Crippen LogP contribution in [0.25, 0.3) is 0 Å². The van der Waals surface area contributed by atoms with Gasteiger partial charge in [-0.15, -0.1) is 0 Å². The van der Waals surface area contributed by atoms with Gasteiger partial charge in [-0.2, -0.15) is 0 Å². The number of nitrogens with zero attached hydrogens (tertiary/aromatic N) is 1. The van der Waals surface area contributed by atoms with Crippen LogP contribution in [-0.4, -0.2) is 62.0 Å². The van der Waals surface area contributed by atoms with Gasteiger partial charge in [-0.25, -0.2) is 0 Å². The Bertz CT molecular complexity index is 244. The van der Waals surface area contributed by atoms with Crippen molar-refractivity contribution in [3.05, 3.63) is 0 Å². The van der Waals surface area contributed by atoms with Gasteiger partial charge in [0.1, 0.15) is 0 Å². The second kappa shape index (κ2) is 5.22. The van der Waals surface area contributed by atoms with Crippen LogP contribution in [0.2, 0.25) is 0 Å². The standard InChI is InChI=1S/C13H26N2O2/c1-12(16)5-6-15(9-12)10-13(8-14-2)4-3-7-17-11-13/h14,16H,3-11H2,1-2H3. The molecule has 0 aromatic carbocycles. The fourth-order valence-electron chi connectivity index (χ4n) is 3.25. The SMILES string of the molecule is CNCC1(CN2CCC(C)(O)C2)CCCOC1. The molecule has 0 bridgehead atoms. The Hall–Kier alpha value is -0.160. The summed E-state index contributed by atoms with van der Waals surface area (Å²) in [6.45, 7) is 7.57. The van der Waals surface area contributed by atoms with E-state index >= 15 is 0 Å². The Kier molecular flexibility index (Phi) is 4.08. The highest BCUT2D eigenvalue weighted by molar-refractivity contribution is 4.92. The zero-order valence-electron chi connectivity index (χ0n) is 11.2. The van der Waals surface area contributed by atoms with Crippen molar-refractivity contribution >= 4 is 0 Å². The summed E-state index contributed by atoms with van der Waals surface area (Å²) in [6, 6.07) is 0. The molecule has 17 heavy (non-hydrogen) atoms. The van der Waals surface area contributed by atoms with E-state index in [9.17, 15) is 5.11 Å². The second-order valence-electron chi connectivity index (χ2n) is 6.14. The van der Waals surface area contributed by atoms with Crippen molar-refractivity contribution < 1.29 is 9.84 Å². The Labute approximate surface area is 104 Å². The van der Waals surface area contributed by atoms with Gasteiger partial charge in [0, 0.05) is 38.2 Å². The van der Waals surface area contributed by atoms with E-state index in [1.807, 2.05) is 14.0 Å². The van der Waals surface area contributed by atoms with Crippen LogP contribution < -0.4 is 5.32 Å². The molecule has 2 atom stereocenters. The molecule has 2 heterocycles. The van der Waals surface area contributed by atoms with E-state index in [1.165, 1.54) is 6.42 Å². The smallest absolute Gasteiger partial charge is 0.0758 e. The van der Waals surface area contributed by atoms with E-state index in [0.29, 0.717) is 0 Å². The molecule has 0 aromatic rings. The monoisotopic (exact) mass is 242 g/mol. The molecule has 2 N–H and O–H groups in total. The third-order valence-corrected chi connectivity index (χ3v) is 4.05. The van der Waals surface area contributed by atoms with E-state index in [2.05, 4.69) is 10.2 Å². The van der Waals surface area contributed by atoms with E-state index < -0.39 is 5.60 Å². The second-order valence-corrected chi connectivity index (χ2v) is 6.14. The lowest BCUT2D eigenvalue weighted by Gasteiger charge is -2.40. The van der Waals surface area contributed by atoms with E-state index in [1.54, 1.807) is 0 Å². The number of aliphatic hydroxyl groups is 1. The first-order valence-electron chi connectivity index (χ1n) is 6.72. The molecular weight excluding hydrogens is 216 g/mol. The summed E-state index contributed by atoms with van der Waals surface area (Å²) < 4.78 is 5.67. The summed E-state index contributed by atoms with van der Waals surface area (Å²) in [5.74, 6) is 0. The highest BCUT2D eigenvalue weighted by atomic mass is 16.5. The van der Waals surface area contributed by atoms with Crippen LogP contribution in [0.1, 0.15) is 26.2 Å². The summed E-state index contributed by atoms with van der Waals surface area (Å²) >= 11 is 0. The number of hydrogen-bond donors (Lipinski definition) is 2. The van der Waals surface area contributed by atoms with E-state index in [4.69, 9.17) is 4.74 Å². The molecule has 4 heteroatoms. The lowest BCUT2D eigenvalue weighted by atomic mass is 9.82. The van der Waals surface area contributed by atoms with Crippen molar-refractivity contribution in [1.82, 2.24) is 10.2 Å². The quantitative estimate of drug-likeness (QED) is 0.752. The zero-order chi connectivity index (χ0) is 12.4. The lowest BCUT2D eigenvalue weighted by Crippen LogP contribution is -2.48. The number of ether oxygens (including phenoxy) is 1. The van der Waals surface area contributed by atoms with Gasteiger partial charge in [-0.05, 0) is 33.2 Å². The predicted octanol–water partition coefficient (Wildman–Crippen LogP) is 0.459. The summed E-state index contributed by atoms with van der Waals surface area (Å²) in [6.07, 6.45) is 3.28. The molecule has 100 valence electrons. The number of rotatable bonds is 4. The molecular formula is C13H26N2O2. The topological polar surface area (TPSA) is 44.7 Å². The molecule has 0 amide bonds. The number of β-amino-alcohol motifs (C(OH)–C–C–N with tert-alkyl or cyclic N) is 1. The van der Waals surface area contributed by atoms with E-state index in [-0.39, 0.29) is 5.41 Å². The maximum absolute atomic E-state index is 10.0. The highest BCUT2D eigenvalue weighted by Gasteiger charge is 2.38. The van der Waals surface area contributed by atoms with Crippen molar-refractivity contribution in [2.45, 2.75) is 31.8 Å². The molecule has 4 nitrogen and oxygen atoms in total. The zero-order valence-corrected chi connectivity index (χ0v) is 11.2. The Morgan fingerprint density at radius 1 is 1.41 bits per heavy atom. The number of nitrogens with one attached hydrogen (secondary N) is 1. The van der Waals surface area contributed by atoms with Crippen LogP contribution in [0.15, 0.2) is 0 Å². The lowest BCUT2D eigenvalue weighted by molar-refractivity contribution is -0.0263. The van der Waals surface area contributed by atoms with Gasteiger partial charge in [-0.3, -0.25) is 4.90 Å². The molecule has 2 aliphatic rings. The van der Waals surface area contributed by atoms with Crippen LogP contribution in [0.3, 0.4) is 0 Å². The van der Waals surface area contributed by atoms with Gasteiger partial charge in [0.2, 0.25) is 0 Å². The largest absolute Gasteiger partial charge is 0.389 e. The Morgan fingerprint density at radius 3 is 2.76 bits per heavy atom. The Balaban J connectivity index is 1.93. The molecule has 0 aliphatic carbocycles. The van der Waals surface area contributed by atoms with Crippen molar-refractivity contribution in [2.75, 3.05) is 46.4 Å². The van der Waals surface area contributed by atoms with Gasteiger partial charge >= 0.3 is 0 Å². The summed E-state index contributed by atoms with van der Waals surface area (Å²) in [4.78, 5) is 2.39.